The SMILES string of the molecule is O=C(NCCN1CCCCC1=O)c1ccc(Br)o1. The molecule has 18 heavy (non-hydrogen) atoms. The van der Waals surface area contributed by atoms with Gasteiger partial charge in [0.2, 0.25) is 5.91 Å². The van der Waals surface area contributed by atoms with Gasteiger partial charge in [0.15, 0.2) is 10.4 Å². The summed E-state index contributed by atoms with van der Waals surface area (Å²) in [6, 6.07) is 3.27. The number of carbonyl (C=O) groups is 2. The highest BCUT2D eigenvalue weighted by Crippen LogP contribution is 2.13. The van der Waals surface area contributed by atoms with Gasteiger partial charge in [-0.05, 0) is 40.9 Å². The summed E-state index contributed by atoms with van der Waals surface area (Å²) in [4.78, 5) is 25.0. The maximum absolute atomic E-state index is 11.7. The van der Waals surface area contributed by atoms with E-state index in [2.05, 4.69) is 21.2 Å². The molecule has 6 heteroatoms. The lowest BCUT2D eigenvalue weighted by Gasteiger charge is -2.26. The summed E-state index contributed by atoms with van der Waals surface area (Å²) in [6.45, 7) is 1.80. The zero-order chi connectivity index (χ0) is 13.0. The third kappa shape index (κ3) is 3.35. The van der Waals surface area contributed by atoms with Crippen molar-refractivity contribution >= 4 is 27.7 Å². The number of nitrogens with one attached hydrogen (secondary N) is 1. The first-order valence-electron chi connectivity index (χ1n) is 5.98. The monoisotopic (exact) mass is 314 g/mol. The van der Waals surface area contributed by atoms with E-state index in [1.807, 2.05) is 0 Å². The van der Waals surface area contributed by atoms with Crippen molar-refractivity contribution in [3.63, 3.8) is 0 Å². The molecule has 0 aromatic carbocycles. The smallest absolute Gasteiger partial charge is 0.287 e. The van der Waals surface area contributed by atoms with Gasteiger partial charge in [0.25, 0.3) is 5.91 Å². The number of hydrogen-bond acceptors (Lipinski definition) is 3. The third-order valence-electron chi connectivity index (χ3n) is 2.89. The van der Waals surface area contributed by atoms with Crippen molar-refractivity contribution in [2.45, 2.75) is 19.3 Å². The summed E-state index contributed by atoms with van der Waals surface area (Å²) < 4.78 is 5.66. The highest BCUT2D eigenvalue weighted by atomic mass is 79.9. The lowest BCUT2D eigenvalue weighted by atomic mass is 10.1. The maximum atomic E-state index is 11.7. The van der Waals surface area contributed by atoms with Gasteiger partial charge in [-0.3, -0.25) is 9.59 Å². The third-order valence-corrected chi connectivity index (χ3v) is 3.31. The molecular formula is C12H15BrN2O3. The van der Waals surface area contributed by atoms with Crippen LogP contribution in [0.1, 0.15) is 29.8 Å². The summed E-state index contributed by atoms with van der Waals surface area (Å²) in [5, 5.41) is 2.73. The lowest BCUT2D eigenvalue weighted by molar-refractivity contribution is -0.133. The molecule has 1 fully saturated rings. The van der Waals surface area contributed by atoms with E-state index in [9.17, 15) is 9.59 Å². The molecule has 0 atom stereocenters. The molecule has 1 N–H and O–H groups in total. The predicted octanol–water partition coefficient (Wildman–Crippen LogP) is 1.78. The molecule has 1 aromatic heterocycles. The van der Waals surface area contributed by atoms with E-state index in [0.29, 0.717) is 24.2 Å². The van der Waals surface area contributed by atoms with Gasteiger partial charge in [-0.1, -0.05) is 0 Å². The minimum atomic E-state index is -0.259. The van der Waals surface area contributed by atoms with E-state index in [1.54, 1.807) is 17.0 Å². The van der Waals surface area contributed by atoms with Gasteiger partial charge in [-0.2, -0.15) is 0 Å². The molecule has 2 amide bonds. The summed E-state index contributed by atoms with van der Waals surface area (Å²) in [6.07, 6.45) is 2.64. The van der Waals surface area contributed by atoms with Gasteiger partial charge in [0.1, 0.15) is 0 Å². The van der Waals surface area contributed by atoms with Crippen LogP contribution in [0.15, 0.2) is 21.2 Å². The Balaban J connectivity index is 1.75. The lowest BCUT2D eigenvalue weighted by Crippen LogP contribution is -2.41. The van der Waals surface area contributed by atoms with Crippen LogP contribution in [0.3, 0.4) is 0 Å². The van der Waals surface area contributed by atoms with E-state index in [1.165, 1.54) is 0 Å². The number of rotatable bonds is 4. The fourth-order valence-corrected chi connectivity index (χ4v) is 2.23. The quantitative estimate of drug-likeness (QED) is 0.921. The normalized spacial score (nSPS) is 15.8. The van der Waals surface area contributed by atoms with Crippen LogP contribution in [0.2, 0.25) is 0 Å². The second-order valence-electron chi connectivity index (χ2n) is 4.20. The summed E-state index contributed by atoms with van der Waals surface area (Å²) in [5.41, 5.74) is 0. The van der Waals surface area contributed by atoms with Crippen molar-refractivity contribution in [1.29, 1.82) is 0 Å². The number of hydrogen-bond donors (Lipinski definition) is 1. The molecule has 1 aliphatic rings. The Hall–Kier alpha value is -1.30. The van der Waals surface area contributed by atoms with E-state index in [4.69, 9.17) is 4.42 Å². The maximum Gasteiger partial charge on any atom is 0.287 e. The van der Waals surface area contributed by atoms with Crippen molar-refractivity contribution in [3.05, 3.63) is 22.6 Å². The Kier molecular flexibility index (Phi) is 4.41. The molecule has 0 saturated carbocycles. The Morgan fingerprint density at radius 2 is 2.28 bits per heavy atom. The molecular weight excluding hydrogens is 300 g/mol. The zero-order valence-corrected chi connectivity index (χ0v) is 11.5. The minimum Gasteiger partial charge on any atom is -0.444 e. The molecule has 1 saturated heterocycles. The highest BCUT2D eigenvalue weighted by molar-refractivity contribution is 9.10. The molecule has 98 valence electrons. The molecule has 5 nitrogen and oxygen atoms in total. The molecule has 0 aliphatic carbocycles. The average Bonchev–Trinajstić information content (AvgIpc) is 2.78. The van der Waals surface area contributed by atoms with Gasteiger partial charge in [0, 0.05) is 26.1 Å². The largest absolute Gasteiger partial charge is 0.444 e. The van der Waals surface area contributed by atoms with Gasteiger partial charge in [-0.25, -0.2) is 0 Å². The number of nitrogens with zero attached hydrogens (tertiary/aromatic N) is 1. The number of amides is 2. The van der Waals surface area contributed by atoms with Crippen LogP contribution in [-0.4, -0.2) is 36.3 Å². The number of carbonyl (C=O) groups excluding carboxylic acids is 2. The van der Waals surface area contributed by atoms with E-state index in [-0.39, 0.29) is 17.6 Å². The second kappa shape index (κ2) is 6.04. The summed E-state index contributed by atoms with van der Waals surface area (Å²) >= 11 is 3.14. The average molecular weight is 315 g/mol. The molecule has 0 bridgehead atoms. The zero-order valence-electron chi connectivity index (χ0n) is 9.95. The van der Waals surface area contributed by atoms with Crippen molar-refractivity contribution in [2.75, 3.05) is 19.6 Å². The fourth-order valence-electron chi connectivity index (χ4n) is 1.93. The van der Waals surface area contributed by atoms with Crippen LogP contribution in [0.5, 0.6) is 0 Å². The second-order valence-corrected chi connectivity index (χ2v) is 4.98. The standard InChI is InChI=1S/C12H15BrN2O3/c13-10-5-4-9(18-10)12(17)14-6-8-15-7-2-1-3-11(15)16/h4-5H,1-3,6-8H2,(H,14,17). The van der Waals surface area contributed by atoms with Gasteiger partial charge < -0.3 is 14.6 Å². The first-order chi connectivity index (χ1) is 8.66. The van der Waals surface area contributed by atoms with Gasteiger partial charge in [-0.15, -0.1) is 0 Å². The first kappa shape index (κ1) is 13.1. The highest BCUT2D eigenvalue weighted by Gasteiger charge is 2.17. The van der Waals surface area contributed by atoms with Gasteiger partial charge >= 0.3 is 0 Å². The van der Waals surface area contributed by atoms with E-state index < -0.39 is 0 Å². The van der Waals surface area contributed by atoms with Crippen LogP contribution >= 0.6 is 15.9 Å². The van der Waals surface area contributed by atoms with Gasteiger partial charge in [0.05, 0.1) is 0 Å². The Morgan fingerprint density at radius 3 is 2.94 bits per heavy atom. The molecule has 0 spiro atoms. The van der Waals surface area contributed by atoms with Crippen LogP contribution in [0, 0.1) is 0 Å². The fraction of sp³-hybridized carbons (Fsp3) is 0.500. The topological polar surface area (TPSA) is 62.6 Å². The molecule has 2 rings (SSSR count). The van der Waals surface area contributed by atoms with Crippen molar-refractivity contribution in [3.8, 4) is 0 Å². The molecule has 2 heterocycles. The number of furan rings is 1. The Morgan fingerprint density at radius 1 is 1.44 bits per heavy atom. The van der Waals surface area contributed by atoms with Crippen LogP contribution in [0.25, 0.3) is 0 Å². The van der Waals surface area contributed by atoms with Crippen LogP contribution in [-0.2, 0) is 4.79 Å². The Bertz CT molecular complexity index is 444. The van der Waals surface area contributed by atoms with Crippen molar-refractivity contribution in [1.82, 2.24) is 10.2 Å². The van der Waals surface area contributed by atoms with Crippen LogP contribution in [0.4, 0.5) is 0 Å². The molecule has 0 radical (unpaired) electrons. The molecule has 1 aromatic rings. The Labute approximate surface area is 114 Å². The predicted molar refractivity (Wildman–Crippen MR) is 69.2 cm³/mol. The van der Waals surface area contributed by atoms with Crippen molar-refractivity contribution in [2.24, 2.45) is 0 Å². The number of likely N-dealkylation sites (tertiary alicyclic amines) is 1. The molecule has 1 aliphatic heterocycles. The first-order valence-corrected chi connectivity index (χ1v) is 6.77. The number of piperidine rings is 1. The van der Waals surface area contributed by atoms with Crippen LogP contribution < -0.4 is 5.32 Å². The van der Waals surface area contributed by atoms with Crippen molar-refractivity contribution < 1.29 is 14.0 Å². The number of halogens is 1. The summed E-state index contributed by atoms with van der Waals surface area (Å²) in [7, 11) is 0. The van der Waals surface area contributed by atoms with E-state index >= 15 is 0 Å². The molecule has 0 unspecified atom stereocenters. The van der Waals surface area contributed by atoms with E-state index in [0.717, 1.165) is 19.4 Å². The summed E-state index contributed by atoms with van der Waals surface area (Å²) in [5.74, 6) is 0.188. The minimum absolute atomic E-state index is 0.177.